The summed E-state index contributed by atoms with van der Waals surface area (Å²) in [6.45, 7) is 3.84. The molecular weight excluding hydrogens is 514 g/mol. The van der Waals surface area contributed by atoms with Crippen molar-refractivity contribution in [1.29, 1.82) is 0 Å². The van der Waals surface area contributed by atoms with Crippen LogP contribution in [0.15, 0.2) is 35.9 Å². The summed E-state index contributed by atoms with van der Waals surface area (Å²) in [6.07, 6.45) is 5.92. The molecule has 2 saturated heterocycles. The third-order valence-corrected chi connectivity index (χ3v) is 7.99. The molecule has 35 heavy (non-hydrogen) atoms. The fourth-order valence-electron chi connectivity index (χ4n) is 5.01. The molecule has 6 nitrogen and oxygen atoms in total. The number of benzene rings is 1. The van der Waals surface area contributed by atoms with Crippen LogP contribution in [0.25, 0.3) is 0 Å². The van der Waals surface area contributed by atoms with Gasteiger partial charge in [0.05, 0.1) is 6.04 Å². The Hall–Kier alpha value is -1.45. The highest BCUT2D eigenvalue weighted by Crippen LogP contribution is 2.40. The number of rotatable bonds is 8. The quantitative estimate of drug-likeness (QED) is 0.480. The Bertz CT molecular complexity index is 959. The van der Waals surface area contributed by atoms with Crippen LogP contribution >= 0.6 is 36.6 Å². The summed E-state index contributed by atoms with van der Waals surface area (Å²) in [5.41, 5.74) is 1.43. The first-order valence-corrected chi connectivity index (χ1v) is 12.6. The lowest BCUT2D eigenvalue weighted by Gasteiger charge is -2.38. The number of carboxylic acid groups (broad SMARTS) is 1. The van der Waals surface area contributed by atoms with Gasteiger partial charge >= 0.3 is 5.97 Å². The average molecular weight is 548 g/mol. The van der Waals surface area contributed by atoms with Crippen molar-refractivity contribution in [3.05, 3.63) is 47.3 Å². The van der Waals surface area contributed by atoms with Crippen molar-refractivity contribution < 1.29 is 23.9 Å². The Kier molecular flexibility index (Phi) is 11.2. The van der Waals surface area contributed by atoms with Crippen LogP contribution in [0.3, 0.4) is 0 Å². The highest BCUT2D eigenvalue weighted by molar-refractivity contribution is 8.14. The van der Waals surface area contributed by atoms with Crippen molar-refractivity contribution in [3.63, 3.8) is 0 Å². The van der Waals surface area contributed by atoms with Crippen LogP contribution in [0.2, 0.25) is 0 Å². The predicted octanol–water partition coefficient (Wildman–Crippen LogP) is 4.52. The minimum Gasteiger partial charge on any atom is -0.480 e. The lowest BCUT2D eigenvalue weighted by atomic mass is 9.93. The monoisotopic (exact) mass is 546 g/mol. The lowest BCUT2D eigenvalue weighted by molar-refractivity contribution is -0.142. The number of likely N-dealkylation sites (tertiary alicyclic amines) is 2. The Morgan fingerprint density at radius 1 is 1.14 bits per heavy atom. The number of carboxylic acids is 1. The van der Waals surface area contributed by atoms with E-state index in [4.69, 9.17) is 0 Å². The third-order valence-electron chi connectivity index (χ3n) is 6.84. The van der Waals surface area contributed by atoms with Gasteiger partial charge in [0, 0.05) is 43.3 Å². The molecule has 0 radical (unpaired) electrons. The first-order valence-electron chi connectivity index (χ1n) is 11.7. The standard InChI is InChI=1S/C25H31FN2O4S.2ClH/c1-16(29)33-22-11-14-28(15-18(22)10-13-27-12-4-7-21(27)25(31)32)23(24(30)17-8-9-17)19-5-2-3-6-20(19)26;;/h2-3,5-6,10,17,21-23H,4,7-9,11-15H2,1H3,(H,31,32);2*1H/b18-10+;;/t21-,22?,23?;;/m0../s1. The molecule has 3 atom stereocenters. The molecule has 1 N–H and O–H groups in total. The lowest BCUT2D eigenvalue weighted by Crippen LogP contribution is -2.43. The van der Waals surface area contributed by atoms with Crippen molar-refractivity contribution in [3.8, 4) is 0 Å². The second-order valence-electron chi connectivity index (χ2n) is 9.23. The van der Waals surface area contributed by atoms with Gasteiger partial charge in [0.2, 0.25) is 0 Å². The van der Waals surface area contributed by atoms with Gasteiger partial charge in [-0.25, -0.2) is 4.39 Å². The van der Waals surface area contributed by atoms with Gasteiger partial charge in [0.15, 0.2) is 10.9 Å². The highest BCUT2D eigenvalue weighted by atomic mass is 35.5. The number of carbonyl (C=O) groups excluding carboxylic acids is 2. The SMILES string of the molecule is CC(=O)SC1CCN(C(C(=O)C2CC2)c2ccccc2F)C/C1=C\CN1CCC[C@H]1C(=O)O.Cl.Cl. The number of carbonyl (C=O) groups is 3. The van der Waals surface area contributed by atoms with Gasteiger partial charge in [0.25, 0.3) is 0 Å². The molecule has 0 bridgehead atoms. The summed E-state index contributed by atoms with van der Waals surface area (Å²) >= 11 is 1.29. The minimum absolute atomic E-state index is 0. The van der Waals surface area contributed by atoms with Crippen LogP contribution in [0.5, 0.6) is 0 Å². The van der Waals surface area contributed by atoms with Gasteiger partial charge in [-0.1, -0.05) is 36.0 Å². The van der Waals surface area contributed by atoms with Crippen molar-refractivity contribution in [2.75, 3.05) is 26.2 Å². The first-order chi connectivity index (χ1) is 15.8. The Morgan fingerprint density at radius 2 is 1.86 bits per heavy atom. The van der Waals surface area contributed by atoms with Gasteiger partial charge < -0.3 is 5.11 Å². The molecule has 1 saturated carbocycles. The van der Waals surface area contributed by atoms with Crippen molar-refractivity contribution in [1.82, 2.24) is 9.80 Å². The molecule has 1 aromatic rings. The molecule has 1 aromatic carbocycles. The van der Waals surface area contributed by atoms with E-state index in [1.807, 2.05) is 15.9 Å². The summed E-state index contributed by atoms with van der Waals surface area (Å²) in [5, 5.41) is 9.50. The van der Waals surface area contributed by atoms with E-state index in [9.17, 15) is 23.9 Å². The third kappa shape index (κ3) is 7.29. The second kappa shape index (κ2) is 13.2. The number of hydrogen-bond donors (Lipinski definition) is 1. The van der Waals surface area contributed by atoms with Crippen molar-refractivity contribution in [2.45, 2.75) is 56.4 Å². The predicted molar refractivity (Wildman–Crippen MR) is 140 cm³/mol. The van der Waals surface area contributed by atoms with E-state index in [1.54, 1.807) is 25.1 Å². The number of aliphatic carboxylic acids is 1. The average Bonchev–Trinajstić information content (AvgIpc) is 3.52. The zero-order valence-electron chi connectivity index (χ0n) is 19.7. The Morgan fingerprint density at radius 3 is 2.49 bits per heavy atom. The highest BCUT2D eigenvalue weighted by Gasteiger charge is 2.41. The summed E-state index contributed by atoms with van der Waals surface area (Å²) in [7, 11) is 0. The zero-order valence-corrected chi connectivity index (χ0v) is 22.2. The molecule has 3 fully saturated rings. The van der Waals surface area contributed by atoms with Crippen LogP contribution in [-0.4, -0.2) is 69.2 Å². The van der Waals surface area contributed by atoms with Crippen LogP contribution in [0.1, 0.15) is 50.6 Å². The van der Waals surface area contributed by atoms with Gasteiger partial charge in [-0.2, -0.15) is 0 Å². The molecule has 2 aliphatic heterocycles. The molecule has 3 aliphatic rings. The van der Waals surface area contributed by atoms with E-state index in [0.29, 0.717) is 38.0 Å². The Balaban J connectivity index is 0.00000216. The normalized spacial score (nSPS) is 24.9. The number of nitrogens with zero attached hydrogens (tertiary/aromatic N) is 2. The van der Waals surface area contributed by atoms with Crippen LogP contribution < -0.4 is 0 Å². The fourth-order valence-corrected chi connectivity index (χ4v) is 5.96. The van der Waals surface area contributed by atoms with E-state index in [2.05, 4.69) is 0 Å². The van der Waals surface area contributed by atoms with Gasteiger partial charge in [-0.3, -0.25) is 24.2 Å². The molecule has 0 amide bonds. The maximum Gasteiger partial charge on any atom is 0.320 e. The second-order valence-corrected chi connectivity index (χ2v) is 10.6. The molecule has 1 aliphatic carbocycles. The number of halogens is 3. The Labute approximate surface area is 222 Å². The maximum absolute atomic E-state index is 14.8. The van der Waals surface area contributed by atoms with Crippen LogP contribution in [0, 0.1) is 11.7 Å². The van der Waals surface area contributed by atoms with Gasteiger partial charge in [-0.15, -0.1) is 24.8 Å². The first kappa shape index (κ1) is 29.8. The summed E-state index contributed by atoms with van der Waals surface area (Å²) in [6, 6.07) is 5.37. The molecule has 10 heteroatoms. The van der Waals surface area contributed by atoms with E-state index in [-0.39, 0.29) is 52.7 Å². The van der Waals surface area contributed by atoms with Crippen molar-refractivity contribution in [2.24, 2.45) is 5.92 Å². The summed E-state index contributed by atoms with van der Waals surface area (Å²) < 4.78 is 14.8. The maximum atomic E-state index is 14.8. The van der Waals surface area contributed by atoms with E-state index in [0.717, 1.165) is 31.4 Å². The number of Topliss-reactive ketones (excluding diaryl/α,β-unsaturated/α-hetero) is 1. The van der Waals surface area contributed by atoms with Crippen molar-refractivity contribution >= 4 is 53.4 Å². The smallest absolute Gasteiger partial charge is 0.320 e. The summed E-state index contributed by atoms with van der Waals surface area (Å²) in [4.78, 5) is 40.7. The molecule has 2 heterocycles. The molecule has 0 spiro atoms. The van der Waals surface area contributed by atoms with E-state index >= 15 is 0 Å². The number of thioether (sulfide) groups is 1. The zero-order chi connectivity index (χ0) is 23.5. The van der Waals surface area contributed by atoms with E-state index < -0.39 is 18.1 Å². The summed E-state index contributed by atoms with van der Waals surface area (Å²) in [5.74, 6) is -1.11. The van der Waals surface area contributed by atoms with Crippen LogP contribution in [0.4, 0.5) is 4.39 Å². The topological polar surface area (TPSA) is 77.9 Å². The van der Waals surface area contributed by atoms with Gasteiger partial charge in [-0.05, 0) is 50.3 Å². The molecule has 2 unspecified atom stereocenters. The largest absolute Gasteiger partial charge is 0.480 e. The minimum atomic E-state index is -0.805. The number of ketones is 1. The van der Waals surface area contributed by atoms with Crippen LogP contribution in [-0.2, 0) is 14.4 Å². The van der Waals surface area contributed by atoms with Gasteiger partial charge in [0.1, 0.15) is 11.9 Å². The molecule has 0 aromatic heterocycles. The number of hydrogen-bond acceptors (Lipinski definition) is 6. The molecular formula is C25H33Cl2FN2O4S. The fraction of sp³-hybridized carbons (Fsp3) is 0.560. The number of piperidine rings is 1. The molecule has 194 valence electrons. The van der Waals surface area contributed by atoms with E-state index in [1.165, 1.54) is 17.8 Å². The molecule has 4 rings (SSSR count).